The van der Waals surface area contributed by atoms with Crippen LogP contribution in [-0.2, 0) is 4.43 Å². The average Bonchev–Trinajstić information content (AvgIpc) is 2.62. The molecule has 0 spiro atoms. The van der Waals surface area contributed by atoms with Gasteiger partial charge in [-0.05, 0) is 27.8 Å². The van der Waals surface area contributed by atoms with Gasteiger partial charge in [-0.15, -0.1) is 0 Å². The van der Waals surface area contributed by atoms with E-state index in [9.17, 15) is 10.2 Å². The number of rotatable bonds is 8. The third-order valence-corrected chi connectivity index (χ3v) is 9.90. The van der Waals surface area contributed by atoms with E-state index in [-0.39, 0.29) is 24.2 Å². The number of benzene rings is 2. The van der Waals surface area contributed by atoms with Crippen LogP contribution >= 0.6 is 0 Å². The number of hydrogen-bond donors (Lipinski definition) is 2. The van der Waals surface area contributed by atoms with Crippen LogP contribution in [0.15, 0.2) is 60.7 Å². The summed E-state index contributed by atoms with van der Waals surface area (Å²) in [7, 11) is -2.60. The maximum atomic E-state index is 10.5. The molecule has 0 radical (unpaired) electrons. The number of hydrogen-bond acceptors (Lipinski definition) is 3. The molecule has 0 heterocycles. The van der Waals surface area contributed by atoms with E-state index >= 15 is 0 Å². The monoisotopic (exact) mass is 372 g/mol. The molecule has 0 aliphatic heterocycles. The van der Waals surface area contributed by atoms with Gasteiger partial charge in [-0.1, -0.05) is 88.4 Å². The molecule has 0 aliphatic rings. The lowest BCUT2D eigenvalue weighted by atomic mass is 10.1. The highest BCUT2D eigenvalue weighted by Crippen LogP contribution is 2.36. The van der Waals surface area contributed by atoms with Crippen LogP contribution in [0.2, 0.25) is 5.04 Å². The molecular weight excluding hydrogens is 340 g/mol. The minimum absolute atomic E-state index is 0.0627. The van der Waals surface area contributed by atoms with Crippen molar-refractivity contribution in [1.82, 2.24) is 0 Å². The molecule has 2 atom stereocenters. The summed E-state index contributed by atoms with van der Waals surface area (Å²) in [6, 6.07) is 20.8. The number of aliphatic hydroxyl groups excluding tert-OH is 2. The van der Waals surface area contributed by atoms with Gasteiger partial charge in [0.25, 0.3) is 8.32 Å². The van der Waals surface area contributed by atoms with Gasteiger partial charge in [-0.3, -0.25) is 0 Å². The van der Waals surface area contributed by atoms with Gasteiger partial charge in [0.2, 0.25) is 0 Å². The lowest BCUT2D eigenvalue weighted by Crippen LogP contribution is -2.67. The van der Waals surface area contributed by atoms with Crippen molar-refractivity contribution in [3.8, 4) is 0 Å². The van der Waals surface area contributed by atoms with Crippen LogP contribution < -0.4 is 10.4 Å². The fraction of sp³-hybridized carbons (Fsp3) is 0.455. The molecule has 0 unspecified atom stereocenters. The zero-order valence-corrected chi connectivity index (χ0v) is 17.4. The molecule has 0 fully saturated rings. The molecule has 2 N–H and O–H groups in total. The standard InChI is InChI=1S/C22H32O3Si/c1-18(16-23)15-19(24)17-25-26(22(2,3)4,20-11-7-5-8-12-20)21-13-9-6-10-14-21/h5-14,18-19,23-24H,15-17H2,1-4H3/t18-,19+/m1/s1. The third-order valence-electron chi connectivity index (χ3n) is 4.90. The van der Waals surface area contributed by atoms with Gasteiger partial charge in [0.1, 0.15) is 0 Å². The lowest BCUT2D eigenvalue weighted by molar-refractivity contribution is 0.0718. The molecule has 2 aromatic carbocycles. The van der Waals surface area contributed by atoms with E-state index in [1.54, 1.807) is 0 Å². The van der Waals surface area contributed by atoms with Crippen molar-refractivity contribution in [2.45, 2.75) is 45.3 Å². The Kier molecular flexibility index (Phi) is 7.18. The highest BCUT2D eigenvalue weighted by Gasteiger charge is 2.50. The molecule has 2 aromatic rings. The topological polar surface area (TPSA) is 49.7 Å². The van der Waals surface area contributed by atoms with Crippen LogP contribution in [0, 0.1) is 5.92 Å². The molecule has 0 bridgehead atoms. The Morgan fingerprint density at radius 2 is 1.38 bits per heavy atom. The molecule has 0 aromatic heterocycles. The molecule has 142 valence electrons. The van der Waals surface area contributed by atoms with E-state index < -0.39 is 14.4 Å². The summed E-state index contributed by atoms with van der Waals surface area (Å²) in [5.74, 6) is 0.0627. The van der Waals surface area contributed by atoms with Crippen LogP contribution in [0.4, 0.5) is 0 Å². The zero-order valence-electron chi connectivity index (χ0n) is 16.4. The van der Waals surface area contributed by atoms with E-state index in [0.717, 1.165) is 0 Å². The van der Waals surface area contributed by atoms with Gasteiger partial charge in [-0.25, -0.2) is 0 Å². The molecule has 3 nitrogen and oxygen atoms in total. The van der Waals surface area contributed by atoms with E-state index in [2.05, 4.69) is 69.3 Å². The zero-order chi connectivity index (χ0) is 19.2. The quantitative estimate of drug-likeness (QED) is 0.701. The van der Waals surface area contributed by atoms with Crippen molar-refractivity contribution < 1.29 is 14.6 Å². The van der Waals surface area contributed by atoms with Gasteiger partial charge < -0.3 is 14.6 Å². The van der Waals surface area contributed by atoms with Crippen molar-refractivity contribution in [2.75, 3.05) is 13.2 Å². The second kappa shape index (κ2) is 8.96. The van der Waals surface area contributed by atoms with Crippen molar-refractivity contribution in [3.63, 3.8) is 0 Å². The maximum absolute atomic E-state index is 10.5. The third kappa shape index (κ3) is 4.63. The van der Waals surface area contributed by atoms with Gasteiger partial charge in [0, 0.05) is 6.61 Å². The van der Waals surface area contributed by atoms with Crippen molar-refractivity contribution in [1.29, 1.82) is 0 Å². The molecular formula is C22H32O3Si. The highest BCUT2D eigenvalue weighted by molar-refractivity contribution is 6.99. The van der Waals surface area contributed by atoms with E-state index in [1.807, 2.05) is 19.1 Å². The minimum atomic E-state index is -2.60. The first-order valence-electron chi connectivity index (χ1n) is 9.35. The Hall–Kier alpha value is -1.46. The molecule has 0 aliphatic carbocycles. The van der Waals surface area contributed by atoms with Crippen molar-refractivity contribution in [3.05, 3.63) is 60.7 Å². The summed E-state index contributed by atoms with van der Waals surface area (Å²) in [5.41, 5.74) is 0. The Bertz CT molecular complexity index is 613. The molecule has 0 saturated heterocycles. The van der Waals surface area contributed by atoms with Crippen LogP contribution in [0.1, 0.15) is 34.1 Å². The molecule has 0 saturated carbocycles. The van der Waals surface area contributed by atoms with Crippen molar-refractivity contribution >= 4 is 18.7 Å². The first kappa shape index (κ1) is 20.8. The smallest absolute Gasteiger partial charge is 0.261 e. The van der Waals surface area contributed by atoms with E-state index in [0.29, 0.717) is 6.42 Å². The Morgan fingerprint density at radius 1 is 0.923 bits per heavy atom. The molecule has 4 heteroatoms. The lowest BCUT2D eigenvalue weighted by Gasteiger charge is -2.43. The largest absolute Gasteiger partial charge is 0.405 e. The average molecular weight is 373 g/mol. The number of aliphatic hydroxyl groups is 2. The molecule has 2 rings (SSSR count). The summed E-state index contributed by atoms with van der Waals surface area (Å²) < 4.78 is 6.68. The van der Waals surface area contributed by atoms with E-state index in [1.165, 1.54) is 10.4 Å². The summed E-state index contributed by atoms with van der Waals surface area (Å²) in [5, 5.41) is 22.0. The van der Waals surface area contributed by atoms with E-state index in [4.69, 9.17) is 4.43 Å². The predicted molar refractivity (Wildman–Crippen MR) is 110 cm³/mol. The van der Waals surface area contributed by atoms with Crippen molar-refractivity contribution in [2.24, 2.45) is 5.92 Å². The van der Waals surface area contributed by atoms with Gasteiger partial charge >= 0.3 is 0 Å². The summed E-state index contributed by atoms with van der Waals surface area (Å²) in [4.78, 5) is 0. The van der Waals surface area contributed by atoms with Gasteiger partial charge in [0.05, 0.1) is 12.7 Å². The maximum Gasteiger partial charge on any atom is 0.261 e. The minimum Gasteiger partial charge on any atom is -0.405 e. The second-order valence-electron chi connectivity index (χ2n) is 8.15. The summed E-state index contributed by atoms with van der Waals surface area (Å²) >= 11 is 0. The van der Waals surface area contributed by atoms with Gasteiger partial charge in [0.15, 0.2) is 0 Å². The second-order valence-corrected chi connectivity index (χ2v) is 12.5. The normalized spacial score (nSPS) is 14.8. The summed E-state index contributed by atoms with van der Waals surface area (Å²) in [6.45, 7) is 8.96. The first-order chi connectivity index (χ1) is 12.3. The molecule has 0 amide bonds. The molecule has 26 heavy (non-hydrogen) atoms. The van der Waals surface area contributed by atoms with Crippen LogP contribution in [0.25, 0.3) is 0 Å². The predicted octanol–water partition coefficient (Wildman–Crippen LogP) is 2.94. The van der Waals surface area contributed by atoms with Crippen LogP contribution in [0.3, 0.4) is 0 Å². The Labute approximate surface area is 158 Å². The highest BCUT2D eigenvalue weighted by atomic mass is 28.4. The summed E-state index contributed by atoms with van der Waals surface area (Å²) in [6.07, 6.45) is -0.0480. The Balaban J connectivity index is 2.44. The first-order valence-corrected chi connectivity index (χ1v) is 11.3. The Morgan fingerprint density at radius 3 is 1.77 bits per heavy atom. The van der Waals surface area contributed by atoms with Crippen LogP contribution in [0.5, 0.6) is 0 Å². The van der Waals surface area contributed by atoms with Crippen LogP contribution in [-0.4, -0.2) is 37.8 Å². The fourth-order valence-corrected chi connectivity index (χ4v) is 8.19. The fourth-order valence-electron chi connectivity index (χ4n) is 3.59. The van der Waals surface area contributed by atoms with Gasteiger partial charge in [-0.2, -0.15) is 0 Å². The SMILES string of the molecule is C[C@@H](CO)C[C@H](O)CO[Si](c1ccccc1)(c1ccccc1)C(C)(C)C.